The molecule has 0 N–H and O–H groups in total. The van der Waals surface area contributed by atoms with Gasteiger partial charge in [-0.15, -0.1) is 142 Å². The summed E-state index contributed by atoms with van der Waals surface area (Å²) in [6.45, 7) is 10.5. The summed E-state index contributed by atoms with van der Waals surface area (Å²) in [5.74, 6) is -0.375. The third kappa shape index (κ3) is 29.1. The molecule has 0 atom stereocenters. The van der Waals surface area contributed by atoms with Crippen LogP contribution in [0.4, 0.5) is 0 Å². The van der Waals surface area contributed by atoms with Crippen molar-refractivity contribution in [2.24, 2.45) is 0 Å². The third-order valence-electron chi connectivity index (χ3n) is 14.9. The van der Waals surface area contributed by atoms with E-state index in [9.17, 15) is 28.8 Å². The van der Waals surface area contributed by atoms with Crippen molar-refractivity contribution < 1.29 is 109 Å². The zero-order chi connectivity index (χ0) is 74.3. The van der Waals surface area contributed by atoms with E-state index in [0.717, 1.165) is 70.6 Å². The first-order chi connectivity index (χ1) is 50.9. The van der Waals surface area contributed by atoms with Crippen LogP contribution in [-0.4, -0.2) is 59.6 Å². The van der Waals surface area contributed by atoms with Crippen LogP contribution in [0.2, 0.25) is 0 Å². The van der Waals surface area contributed by atoms with Gasteiger partial charge in [-0.3, -0.25) is 38.7 Å². The molecule has 8 heterocycles. The number of aromatic nitrogens is 5. The number of ketones is 6. The molecule has 8 aromatic heterocycles. The summed E-state index contributed by atoms with van der Waals surface area (Å²) in [4.78, 5) is 86.0. The number of para-hydroxylation sites is 2. The number of nitrogens with zero attached hydrogens (tertiary/aromatic N) is 5. The van der Waals surface area contributed by atoms with Crippen molar-refractivity contribution in [2.75, 3.05) is 0 Å². The molecule has 18 heteroatoms. The van der Waals surface area contributed by atoms with Crippen molar-refractivity contribution in [1.29, 1.82) is 0 Å². The van der Waals surface area contributed by atoms with Crippen molar-refractivity contribution in [2.45, 2.75) is 67.7 Å². The van der Waals surface area contributed by atoms with Crippen molar-refractivity contribution >= 4 is 121 Å². The Bertz CT molecular complexity index is 5190. The van der Waals surface area contributed by atoms with Crippen molar-refractivity contribution in [3.05, 3.63) is 321 Å². The molecule has 109 heavy (non-hydrogen) atoms. The van der Waals surface area contributed by atoms with E-state index in [4.69, 9.17) is 9.97 Å². The van der Waals surface area contributed by atoms with Gasteiger partial charge in [0.05, 0.1) is 30.3 Å². The van der Waals surface area contributed by atoms with E-state index in [1.807, 2.05) is 152 Å². The number of Topliss-reactive ketones (excluding diaryl/α,β-unsaturated/α-hetero) is 6. The van der Waals surface area contributed by atoms with Crippen LogP contribution >= 0.6 is 34.0 Å². The molecule has 0 saturated carbocycles. The molecule has 16 rings (SSSR count). The molecule has 16 aromatic rings. The Balaban J connectivity index is 0.000000230. The molecule has 0 fully saturated rings. The number of aryl methyl sites for hydroxylation is 1. The molecule has 558 valence electrons. The molecule has 0 unspecified atom stereocenters. The van der Waals surface area contributed by atoms with Crippen LogP contribution in [0.15, 0.2) is 286 Å². The van der Waals surface area contributed by atoms with Gasteiger partial charge in [0.1, 0.15) is 34.7 Å². The quantitative estimate of drug-likeness (QED) is 0.0843. The normalized spacial score (nSPS) is 9.83. The Kier molecular flexibility index (Phi) is 39.2. The van der Waals surface area contributed by atoms with Crippen LogP contribution in [0.3, 0.4) is 0 Å². The third-order valence-corrected chi connectivity index (χ3v) is 18.2. The van der Waals surface area contributed by atoms with Crippen molar-refractivity contribution in [3.8, 4) is 65.4 Å². The fourth-order valence-electron chi connectivity index (χ4n) is 10.4. The Morgan fingerprint density at radius 3 is 1.17 bits per heavy atom. The first-order valence-electron chi connectivity index (χ1n) is 33.6. The summed E-state index contributed by atoms with van der Waals surface area (Å²) in [5.41, 5.74) is 12.7. The largest absolute Gasteiger partial charge is 0.305 e. The van der Waals surface area contributed by atoms with E-state index in [1.165, 1.54) is 93.9 Å². The van der Waals surface area contributed by atoms with Gasteiger partial charge in [0.25, 0.3) is 0 Å². The first-order valence-corrected chi connectivity index (χ1v) is 36.1. The number of fused-ring (bicyclic) bond motifs is 5. The summed E-state index contributed by atoms with van der Waals surface area (Å²) in [6.07, 6.45) is 5.66. The smallest absolute Gasteiger partial charge is 0.137 e. The van der Waals surface area contributed by atoms with Crippen LogP contribution in [0.25, 0.3) is 117 Å². The average molecular weight is 2200 g/mol. The van der Waals surface area contributed by atoms with Gasteiger partial charge in [0, 0.05) is 121 Å². The first kappa shape index (κ1) is 90.1. The Morgan fingerprint density at radius 1 is 0.339 bits per heavy atom. The van der Waals surface area contributed by atoms with Crippen LogP contribution in [0.5, 0.6) is 0 Å². The standard InChI is InChI=1S/C22H16N.C17H10NS.2C13H8NS.C11H8N.3C5H8O2.4Ir/c1-16-9-5-6-12-18(16)22-15-20(17-10-3-2-4-11-17)19-13-7-8-14-21(19)23-22;1-3-7-14-12(5-1)9-10-15(18-14)17-11-13-6-2-4-8-16(13)19-17;2*1-2-7-12-10(5-1)9-13(15-12)11-6-3-4-8-14-11;1-2-6-10(7-3-1)11-8-4-5-9-12-11;3*1-4(6)3-5(2)7;;;;/h2-11,13-15H,1H3;1-10H;2*1-8H;1-6,8-9H;3*3H2,1-2H3;;;;/q5*-1;;;;;;;. The second kappa shape index (κ2) is 47.5. The maximum absolute atomic E-state index is 10.0. The van der Waals surface area contributed by atoms with Crippen LogP contribution in [0.1, 0.15) is 66.4 Å². The van der Waals surface area contributed by atoms with E-state index in [0.29, 0.717) is 0 Å². The van der Waals surface area contributed by atoms with Gasteiger partial charge < -0.3 is 15.0 Å². The van der Waals surface area contributed by atoms with Gasteiger partial charge in [0.2, 0.25) is 0 Å². The number of carbonyl (C=O) groups is 6. The number of carbonyl (C=O) groups excluding carboxylic acids is 6. The van der Waals surface area contributed by atoms with Gasteiger partial charge in [-0.2, -0.15) is 0 Å². The summed E-state index contributed by atoms with van der Waals surface area (Å²) >= 11 is 5.21. The molecule has 8 aromatic carbocycles. The topological polar surface area (TPSA) is 167 Å². The zero-order valence-electron chi connectivity index (χ0n) is 60.5. The Morgan fingerprint density at radius 2 is 0.734 bits per heavy atom. The van der Waals surface area contributed by atoms with E-state index >= 15 is 0 Å². The van der Waals surface area contributed by atoms with Gasteiger partial charge >= 0.3 is 0 Å². The Labute approximate surface area is 702 Å². The van der Waals surface area contributed by atoms with E-state index in [-0.39, 0.29) is 134 Å². The predicted molar refractivity (Wildman–Crippen MR) is 432 cm³/mol. The minimum Gasteiger partial charge on any atom is -0.305 e. The summed E-state index contributed by atoms with van der Waals surface area (Å²) in [6, 6.07) is 107. The summed E-state index contributed by atoms with van der Waals surface area (Å²) in [5, 5.41) is 5.85. The zero-order valence-corrected chi connectivity index (χ0v) is 72.5. The minimum atomic E-state index is -0.0625. The molecule has 11 nitrogen and oxygen atoms in total. The molecule has 0 aliphatic rings. The molecule has 0 aliphatic carbocycles. The van der Waals surface area contributed by atoms with Crippen molar-refractivity contribution in [3.63, 3.8) is 0 Å². The maximum atomic E-state index is 10.0. The molecule has 0 spiro atoms. The van der Waals surface area contributed by atoms with Gasteiger partial charge in [-0.05, 0) is 129 Å². The second-order valence-electron chi connectivity index (χ2n) is 23.9. The predicted octanol–water partition coefficient (Wildman–Crippen LogP) is 22.3. The van der Waals surface area contributed by atoms with Crippen LogP contribution < -0.4 is 0 Å². The SMILES string of the molecule is CC(=O)CC(C)=O.CC(=O)CC(C)=O.CC(=O)CC(C)=O.Cc1ccc[c-]c1-c1cc(-c2ccccc2)c2ccccc2n1.[Ir].[Ir].[Ir].[Ir].[c-]1c(-c2ccc3ccccc3n2)sc2ccccc12.[c-]1c(-c2ccccn2)sc2ccccc12.[c-]1c(-c2ccccn2)sc2ccccc12.[c-]1ccccc1-c1ccccn1. The number of hydrogen-bond donors (Lipinski definition) is 0. The van der Waals surface area contributed by atoms with Crippen LogP contribution in [0, 0.1) is 37.3 Å². The monoisotopic (exact) mass is 2200 g/mol. The average Bonchev–Trinajstić information content (AvgIpc) is 1.53. The number of pyridine rings is 5. The number of hydrogen-bond acceptors (Lipinski definition) is 14. The summed E-state index contributed by atoms with van der Waals surface area (Å²) in [7, 11) is 0. The number of benzene rings is 8. The van der Waals surface area contributed by atoms with Gasteiger partial charge in [-0.25, -0.2) is 34.0 Å². The molecular formula is C91H74Ir4N5O6S3-5. The second-order valence-corrected chi connectivity index (χ2v) is 27.0. The van der Waals surface area contributed by atoms with E-state index < -0.39 is 0 Å². The molecular weight excluding hydrogens is 2120 g/mol. The molecule has 0 amide bonds. The minimum absolute atomic E-state index is 0. The molecule has 0 saturated heterocycles. The summed E-state index contributed by atoms with van der Waals surface area (Å²) < 4.78 is 3.78. The van der Waals surface area contributed by atoms with Crippen LogP contribution in [-0.2, 0) is 109 Å². The van der Waals surface area contributed by atoms with Crippen molar-refractivity contribution in [1.82, 2.24) is 24.9 Å². The fraction of sp³-hybridized carbons (Fsp3) is 0.110. The fourth-order valence-corrected chi connectivity index (χ4v) is 13.3. The maximum Gasteiger partial charge on any atom is 0.137 e. The van der Waals surface area contributed by atoms with Gasteiger partial charge in [-0.1, -0.05) is 165 Å². The number of rotatable bonds is 12. The molecule has 0 bridgehead atoms. The van der Waals surface area contributed by atoms with E-state index in [1.54, 1.807) is 40.2 Å². The molecule has 0 aliphatic heterocycles. The van der Waals surface area contributed by atoms with E-state index in [2.05, 4.69) is 180 Å². The number of thiophene rings is 3. The molecule has 4 radical (unpaired) electrons. The van der Waals surface area contributed by atoms with Gasteiger partial charge in [0.15, 0.2) is 0 Å². The Hall–Kier alpha value is -9.47.